The Hall–Kier alpha value is -4.07. The molecular formula is C26H42N6O12S2. The molecule has 0 aliphatic heterocycles. The molecule has 0 saturated heterocycles. The highest BCUT2D eigenvalue weighted by Crippen LogP contribution is 2.07. The smallest absolute Gasteiger partial charge is 0.326 e. The van der Waals surface area contributed by atoms with E-state index in [2.05, 4.69) is 44.5 Å². The van der Waals surface area contributed by atoms with Crippen LogP contribution in [-0.2, 0) is 43.2 Å². The van der Waals surface area contributed by atoms with Crippen molar-refractivity contribution in [3.8, 4) is 0 Å². The summed E-state index contributed by atoms with van der Waals surface area (Å²) in [5, 5.41) is 41.1. The van der Waals surface area contributed by atoms with Gasteiger partial charge in [-0.15, -0.1) is 0 Å². The van der Waals surface area contributed by atoms with Crippen molar-refractivity contribution in [3.63, 3.8) is 0 Å². The van der Waals surface area contributed by atoms with E-state index < -0.39 is 103 Å². The number of carbonyl (C=O) groups is 9. The second kappa shape index (κ2) is 22.4. The number of carboxylic acids is 3. The molecule has 46 heavy (non-hydrogen) atoms. The number of carboxylic acid groups (broad SMARTS) is 3. The van der Waals surface area contributed by atoms with Gasteiger partial charge in [0.1, 0.15) is 30.2 Å². The molecule has 0 rings (SSSR count). The Labute approximate surface area is 274 Å². The quantitative estimate of drug-likeness (QED) is 0.0364. The molecule has 260 valence electrons. The SMILES string of the molecule is CSCC[C@H](NC=O)C(=O)N[C@@H](CC(=O)O)C(=O)NCC(=O)N[C@@H](CS)C(=O)N[C@@H](CCC(=O)O)C(=O)NC(CC(C)C)C(=O)O. The highest BCUT2D eigenvalue weighted by molar-refractivity contribution is 7.98. The van der Waals surface area contributed by atoms with E-state index in [1.54, 1.807) is 20.1 Å². The molecule has 0 heterocycles. The molecule has 0 aliphatic rings. The lowest BCUT2D eigenvalue weighted by Gasteiger charge is -2.24. The van der Waals surface area contributed by atoms with Crippen molar-refractivity contribution < 1.29 is 58.5 Å². The number of hydrogen-bond acceptors (Lipinski definition) is 11. The van der Waals surface area contributed by atoms with E-state index in [1.807, 2.05) is 0 Å². The number of thioether (sulfide) groups is 1. The third-order valence-electron chi connectivity index (χ3n) is 6.07. The van der Waals surface area contributed by atoms with E-state index in [9.17, 15) is 53.4 Å². The van der Waals surface area contributed by atoms with E-state index in [4.69, 9.17) is 5.11 Å². The zero-order valence-corrected chi connectivity index (χ0v) is 27.3. The summed E-state index contributed by atoms with van der Waals surface area (Å²) in [6.07, 6.45) is 0.506. The van der Waals surface area contributed by atoms with Crippen LogP contribution in [0.1, 0.15) is 46.0 Å². The van der Waals surface area contributed by atoms with Crippen LogP contribution >= 0.6 is 24.4 Å². The van der Waals surface area contributed by atoms with Crippen LogP contribution in [0.25, 0.3) is 0 Å². The average Bonchev–Trinajstić information content (AvgIpc) is 2.97. The maximum absolute atomic E-state index is 12.9. The Bertz CT molecular complexity index is 1110. The molecule has 9 N–H and O–H groups in total. The summed E-state index contributed by atoms with van der Waals surface area (Å²) in [5.41, 5.74) is 0. The number of amides is 6. The fourth-order valence-electron chi connectivity index (χ4n) is 3.77. The fourth-order valence-corrected chi connectivity index (χ4v) is 4.50. The molecule has 0 saturated carbocycles. The molecule has 0 aromatic heterocycles. The molecule has 20 heteroatoms. The predicted molar refractivity (Wildman–Crippen MR) is 167 cm³/mol. The molecule has 6 amide bonds. The van der Waals surface area contributed by atoms with E-state index in [0.717, 1.165) is 0 Å². The monoisotopic (exact) mass is 694 g/mol. The number of nitrogens with one attached hydrogen (secondary N) is 6. The van der Waals surface area contributed by atoms with Crippen LogP contribution in [0.5, 0.6) is 0 Å². The summed E-state index contributed by atoms with van der Waals surface area (Å²) in [4.78, 5) is 108. The normalized spacial score (nSPS) is 13.9. The first kappa shape index (κ1) is 41.9. The van der Waals surface area contributed by atoms with Gasteiger partial charge >= 0.3 is 17.9 Å². The van der Waals surface area contributed by atoms with Gasteiger partial charge in [0.15, 0.2) is 0 Å². The minimum absolute atomic E-state index is 0.0624. The highest BCUT2D eigenvalue weighted by Gasteiger charge is 2.31. The zero-order valence-electron chi connectivity index (χ0n) is 25.6. The molecule has 0 aliphatic carbocycles. The Kier molecular flexibility index (Phi) is 20.5. The molecule has 5 atom stereocenters. The van der Waals surface area contributed by atoms with E-state index in [1.165, 1.54) is 11.8 Å². The van der Waals surface area contributed by atoms with E-state index in [-0.39, 0.29) is 30.9 Å². The van der Waals surface area contributed by atoms with Gasteiger partial charge in [-0.05, 0) is 37.2 Å². The van der Waals surface area contributed by atoms with Crippen LogP contribution in [0.3, 0.4) is 0 Å². The van der Waals surface area contributed by atoms with Gasteiger partial charge < -0.3 is 47.2 Å². The summed E-state index contributed by atoms with van der Waals surface area (Å²) in [6, 6.07) is -6.85. The van der Waals surface area contributed by atoms with E-state index in [0.29, 0.717) is 5.75 Å². The first-order valence-corrected chi connectivity index (χ1v) is 16.0. The number of aliphatic carboxylic acids is 3. The Balaban J connectivity index is 5.47. The van der Waals surface area contributed by atoms with Crippen LogP contribution in [0.4, 0.5) is 0 Å². The minimum atomic E-state index is -1.62. The van der Waals surface area contributed by atoms with Gasteiger partial charge in [0.2, 0.25) is 35.9 Å². The lowest BCUT2D eigenvalue weighted by molar-refractivity contribution is -0.143. The van der Waals surface area contributed by atoms with Gasteiger partial charge in [0, 0.05) is 12.2 Å². The molecule has 0 spiro atoms. The molecular weight excluding hydrogens is 652 g/mol. The fraction of sp³-hybridized carbons (Fsp3) is 0.654. The van der Waals surface area contributed by atoms with Crippen LogP contribution < -0.4 is 31.9 Å². The maximum Gasteiger partial charge on any atom is 0.326 e. The maximum atomic E-state index is 12.9. The first-order chi connectivity index (χ1) is 21.6. The van der Waals surface area contributed by atoms with Crippen molar-refractivity contribution >= 4 is 78.2 Å². The van der Waals surface area contributed by atoms with Gasteiger partial charge in [-0.25, -0.2) is 4.79 Å². The molecule has 0 bridgehead atoms. The second-order valence-corrected chi connectivity index (χ2v) is 11.7. The Morgan fingerprint density at radius 3 is 1.80 bits per heavy atom. The van der Waals surface area contributed by atoms with Crippen LogP contribution in [-0.4, -0.2) is 124 Å². The lowest BCUT2D eigenvalue weighted by Crippen LogP contribution is -2.57. The van der Waals surface area contributed by atoms with Gasteiger partial charge in [-0.2, -0.15) is 24.4 Å². The number of rotatable bonds is 24. The van der Waals surface area contributed by atoms with E-state index >= 15 is 0 Å². The summed E-state index contributed by atoms with van der Waals surface area (Å²) >= 11 is 5.39. The van der Waals surface area contributed by atoms with Gasteiger partial charge in [0.25, 0.3) is 0 Å². The summed E-state index contributed by atoms with van der Waals surface area (Å²) < 4.78 is 0. The Morgan fingerprint density at radius 2 is 1.30 bits per heavy atom. The van der Waals surface area contributed by atoms with Crippen LogP contribution in [0, 0.1) is 5.92 Å². The number of thiol groups is 1. The number of carbonyl (C=O) groups excluding carboxylic acids is 6. The van der Waals surface area contributed by atoms with Gasteiger partial charge in [0.05, 0.1) is 13.0 Å². The minimum Gasteiger partial charge on any atom is -0.481 e. The molecule has 0 radical (unpaired) electrons. The standard InChI is InChI=1S/C26H42N6O12S2/c1-13(2)8-17(26(43)44)32-24(41)15(4-5-20(35)36)30-25(42)18(11-45)29-19(34)10-27-22(39)16(9-21(37)38)31-23(40)14(28-12-33)6-7-46-3/h12-18,45H,4-11H2,1-3H3,(H,27,39)(H,28,33)(H,29,34)(H,30,42)(H,31,40)(H,32,41)(H,35,36)(H,37,38)(H,43,44)/t14-,15-,16-,17?,18-/m0/s1. The molecule has 0 aromatic rings. The zero-order chi connectivity index (χ0) is 35.4. The topological polar surface area (TPSA) is 286 Å². The predicted octanol–water partition coefficient (Wildman–Crippen LogP) is -2.69. The lowest BCUT2D eigenvalue weighted by atomic mass is 10.0. The van der Waals surface area contributed by atoms with Crippen molar-refractivity contribution in [3.05, 3.63) is 0 Å². The van der Waals surface area contributed by atoms with Crippen LogP contribution in [0.2, 0.25) is 0 Å². The molecule has 0 aromatic carbocycles. The summed E-state index contributed by atoms with van der Waals surface area (Å²) in [5.74, 6) is -8.75. The van der Waals surface area contributed by atoms with Crippen LogP contribution in [0.15, 0.2) is 0 Å². The van der Waals surface area contributed by atoms with Gasteiger partial charge in [-0.3, -0.25) is 38.4 Å². The van der Waals surface area contributed by atoms with Crippen molar-refractivity contribution in [2.24, 2.45) is 5.92 Å². The first-order valence-electron chi connectivity index (χ1n) is 14.0. The average molecular weight is 695 g/mol. The third-order valence-corrected chi connectivity index (χ3v) is 7.08. The van der Waals surface area contributed by atoms with Crippen molar-refractivity contribution in [1.82, 2.24) is 31.9 Å². The molecule has 18 nitrogen and oxygen atoms in total. The highest BCUT2D eigenvalue weighted by atomic mass is 32.2. The Morgan fingerprint density at radius 1 is 0.739 bits per heavy atom. The third kappa shape index (κ3) is 17.4. The summed E-state index contributed by atoms with van der Waals surface area (Å²) in [6.45, 7) is 2.68. The molecule has 1 unspecified atom stereocenters. The van der Waals surface area contributed by atoms with Crippen molar-refractivity contribution in [1.29, 1.82) is 0 Å². The molecule has 0 fully saturated rings. The number of hydrogen-bond donors (Lipinski definition) is 10. The second-order valence-electron chi connectivity index (χ2n) is 10.3. The van der Waals surface area contributed by atoms with Crippen molar-refractivity contribution in [2.45, 2.75) is 76.2 Å². The summed E-state index contributed by atoms with van der Waals surface area (Å²) in [7, 11) is 0. The van der Waals surface area contributed by atoms with Crippen molar-refractivity contribution in [2.75, 3.05) is 24.3 Å². The largest absolute Gasteiger partial charge is 0.481 e. The van der Waals surface area contributed by atoms with Gasteiger partial charge in [-0.1, -0.05) is 13.8 Å².